The molecule has 0 spiro atoms. The van der Waals surface area contributed by atoms with E-state index in [4.69, 9.17) is 9.47 Å². The number of hydrogen-bond acceptors (Lipinski definition) is 8. The van der Waals surface area contributed by atoms with Gasteiger partial charge in [0.05, 0.1) is 25.3 Å². The Hall–Kier alpha value is -4.08. The Morgan fingerprint density at radius 3 is 1.32 bits per heavy atom. The first-order valence-corrected chi connectivity index (χ1v) is 9.21. The lowest BCUT2D eigenvalue weighted by Crippen LogP contribution is -2.32. The summed E-state index contributed by atoms with van der Waals surface area (Å²) in [6, 6.07) is 11.8. The molecule has 10 heteroatoms. The van der Waals surface area contributed by atoms with Crippen molar-refractivity contribution in [3.8, 4) is 11.5 Å². The Kier molecular flexibility index (Phi) is 8.84. The predicted octanol–water partition coefficient (Wildman–Crippen LogP) is 2.53. The molecule has 0 aromatic heterocycles. The van der Waals surface area contributed by atoms with Crippen molar-refractivity contribution in [3.63, 3.8) is 0 Å². The molecule has 0 aliphatic carbocycles. The standard InChI is InChI=1S/C21H22N2O8/c1-28-18(24)14-4-8-16(9-5-14)30-20(26)22-12-3-13-23-21(27)31-17-10-6-15(7-11-17)19(25)29-2/h4-11H,3,12-13H2,1-2H3,(H,22,26)(H,23,27). The fourth-order valence-corrected chi connectivity index (χ4v) is 2.31. The van der Waals surface area contributed by atoms with E-state index < -0.39 is 24.1 Å². The van der Waals surface area contributed by atoms with Gasteiger partial charge in [0.1, 0.15) is 11.5 Å². The van der Waals surface area contributed by atoms with E-state index in [1.165, 1.54) is 62.8 Å². The minimum atomic E-state index is -0.668. The third-order valence-corrected chi connectivity index (χ3v) is 3.86. The molecule has 2 amide bonds. The van der Waals surface area contributed by atoms with Crippen LogP contribution in [0.15, 0.2) is 48.5 Å². The highest BCUT2D eigenvalue weighted by Gasteiger charge is 2.09. The molecule has 2 aromatic rings. The second kappa shape index (κ2) is 11.8. The van der Waals surface area contributed by atoms with E-state index in [1.54, 1.807) is 0 Å². The topological polar surface area (TPSA) is 129 Å². The Labute approximate surface area is 178 Å². The van der Waals surface area contributed by atoms with Crippen molar-refractivity contribution in [1.29, 1.82) is 0 Å². The zero-order chi connectivity index (χ0) is 22.6. The number of esters is 2. The van der Waals surface area contributed by atoms with Crippen LogP contribution in [0.5, 0.6) is 11.5 Å². The lowest BCUT2D eigenvalue weighted by Gasteiger charge is -2.09. The lowest BCUT2D eigenvalue weighted by atomic mass is 10.2. The van der Waals surface area contributed by atoms with Gasteiger partial charge in [0, 0.05) is 13.1 Å². The number of ether oxygens (including phenoxy) is 4. The monoisotopic (exact) mass is 430 g/mol. The van der Waals surface area contributed by atoms with Crippen molar-refractivity contribution in [2.45, 2.75) is 6.42 Å². The molecule has 0 aliphatic heterocycles. The average molecular weight is 430 g/mol. The predicted molar refractivity (Wildman–Crippen MR) is 108 cm³/mol. The maximum Gasteiger partial charge on any atom is 0.412 e. The number of benzene rings is 2. The van der Waals surface area contributed by atoms with Crippen LogP contribution < -0.4 is 20.1 Å². The van der Waals surface area contributed by atoms with Gasteiger partial charge in [0.15, 0.2) is 0 Å². The summed E-state index contributed by atoms with van der Waals surface area (Å²) >= 11 is 0. The first kappa shape index (κ1) is 23.2. The molecule has 0 saturated heterocycles. The van der Waals surface area contributed by atoms with Crippen LogP contribution in [0, 0.1) is 0 Å². The summed E-state index contributed by atoms with van der Waals surface area (Å²) in [5.41, 5.74) is 0.681. The maximum atomic E-state index is 11.8. The van der Waals surface area contributed by atoms with Gasteiger partial charge in [-0.15, -0.1) is 0 Å². The quantitative estimate of drug-likeness (QED) is 0.483. The Morgan fingerprint density at radius 1 is 0.645 bits per heavy atom. The van der Waals surface area contributed by atoms with E-state index in [1.807, 2.05) is 0 Å². The number of rotatable bonds is 8. The minimum absolute atomic E-state index is 0.257. The van der Waals surface area contributed by atoms with Crippen molar-refractivity contribution in [2.75, 3.05) is 27.3 Å². The Morgan fingerprint density at radius 2 is 1.00 bits per heavy atom. The van der Waals surface area contributed by atoms with Gasteiger partial charge in [-0.1, -0.05) is 0 Å². The van der Waals surface area contributed by atoms with Crippen molar-refractivity contribution < 1.29 is 38.1 Å². The summed E-state index contributed by atoms with van der Waals surface area (Å²) in [6.45, 7) is 0.514. The van der Waals surface area contributed by atoms with Crippen molar-refractivity contribution in [1.82, 2.24) is 10.6 Å². The molecule has 0 fully saturated rings. The van der Waals surface area contributed by atoms with Crippen molar-refractivity contribution >= 4 is 24.1 Å². The van der Waals surface area contributed by atoms with Crippen LogP contribution in [0.3, 0.4) is 0 Å². The molecule has 2 rings (SSSR count). The van der Waals surface area contributed by atoms with E-state index in [0.717, 1.165) is 0 Å². The molecule has 0 atom stereocenters. The number of carbonyl (C=O) groups is 4. The Balaban J connectivity index is 1.62. The summed E-state index contributed by atoms with van der Waals surface area (Å²) in [4.78, 5) is 46.2. The van der Waals surface area contributed by atoms with Crippen LogP contribution in [-0.2, 0) is 9.47 Å². The number of methoxy groups -OCH3 is 2. The highest BCUT2D eigenvalue weighted by atomic mass is 16.6. The van der Waals surface area contributed by atoms with E-state index in [0.29, 0.717) is 17.5 Å². The SMILES string of the molecule is COC(=O)c1ccc(OC(=O)NCCCNC(=O)Oc2ccc(C(=O)OC)cc2)cc1. The van der Waals surface area contributed by atoms with Gasteiger partial charge in [-0.3, -0.25) is 0 Å². The molecule has 31 heavy (non-hydrogen) atoms. The molecule has 0 radical (unpaired) electrons. The fraction of sp³-hybridized carbons (Fsp3) is 0.238. The van der Waals surface area contributed by atoms with Gasteiger partial charge >= 0.3 is 24.1 Å². The van der Waals surface area contributed by atoms with E-state index >= 15 is 0 Å². The fourth-order valence-electron chi connectivity index (χ4n) is 2.31. The normalized spacial score (nSPS) is 9.87. The third-order valence-electron chi connectivity index (χ3n) is 3.86. The number of nitrogens with one attached hydrogen (secondary N) is 2. The summed E-state index contributed by atoms with van der Waals surface area (Å²) in [7, 11) is 2.55. The lowest BCUT2D eigenvalue weighted by molar-refractivity contribution is 0.0592. The molecule has 0 unspecified atom stereocenters. The molecule has 2 N–H and O–H groups in total. The van der Waals surface area contributed by atoms with Gasteiger partial charge in [0.2, 0.25) is 0 Å². The first-order valence-electron chi connectivity index (χ1n) is 9.21. The maximum absolute atomic E-state index is 11.8. The van der Waals surface area contributed by atoms with Gasteiger partial charge < -0.3 is 29.6 Å². The zero-order valence-electron chi connectivity index (χ0n) is 17.0. The highest BCUT2D eigenvalue weighted by molar-refractivity contribution is 5.90. The van der Waals surface area contributed by atoms with Gasteiger partial charge in [0.25, 0.3) is 0 Å². The average Bonchev–Trinajstić information content (AvgIpc) is 2.78. The molecular weight excluding hydrogens is 408 g/mol. The highest BCUT2D eigenvalue weighted by Crippen LogP contribution is 2.14. The van der Waals surface area contributed by atoms with Crippen LogP contribution in [-0.4, -0.2) is 51.4 Å². The molecule has 2 aromatic carbocycles. The summed E-state index contributed by atoms with van der Waals surface area (Å²) in [5.74, 6) is -0.435. The molecule has 0 heterocycles. The Bertz CT molecular complexity index is 834. The van der Waals surface area contributed by atoms with Gasteiger partial charge in [-0.25, -0.2) is 19.2 Å². The number of hydrogen-bond donors (Lipinski definition) is 2. The van der Waals surface area contributed by atoms with Crippen LogP contribution in [0.25, 0.3) is 0 Å². The van der Waals surface area contributed by atoms with Crippen LogP contribution in [0.1, 0.15) is 27.1 Å². The van der Waals surface area contributed by atoms with Crippen molar-refractivity contribution in [3.05, 3.63) is 59.7 Å². The number of amides is 2. The minimum Gasteiger partial charge on any atom is -0.465 e. The van der Waals surface area contributed by atoms with Gasteiger partial charge in [-0.2, -0.15) is 0 Å². The molecule has 0 aliphatic rings. The smallest absolute Gasteiger partial charge is 0.412 e. The van der Waals surface area contributed by atoms with Crippen LogP contribution in [0.4, 0.5) is 9.59 Å². The summed E-state index contributed by atoms with van der Waals surface area (Å²) in [5, 5.41) is 5.07. The third kappa shape index (κ3) is 7.69. The largest absolute Gasteiger partial charge is 0.465 e. The molecular formula is C21H22N2O8. The second-order valence-corrected chi connectivity index (χ2v) is 6.02. The van der Waals surface area contributed by atoms with E-state index in [-0.39, 0.29) is 24.6 Å². The van der Waals surface area contributed by atoms with E-state index in [2.05, 4.69) is 20.1 Å². The van der Waals surface area contributed by atoms with Crippen LogP contribution in [0.2, 0.25) is 0 Å². The molecule has 10 nitrogen and oxygen atoms in total. The van der Waals surface area contributed by atoms with Crippen molar-refractivity contribution in [2.24, 2.45) is 0 Å². The summed E-state index contributed by atoms with van der Waals surface area (Å²) < 4.78 is 19.3. The first-order chi connectivity index (χ1) is 14.9. The molecule has 0 saturated carbocycles. The molecule has 164 valence electrons. The second-order valence-electron chi connectivity index (χ2n) is 6.02. The van der Waals surface area contributed by atoms with Crippen LogP contribution >= 0.6 is 0 Å². The van der Waals surface area contributed by atoms with Gasteiger partial charge in [-0.05, 0) is 55.0 Å². The van der Waals surface area contributed by atoms with E-state index in [9.17, 15) is 19.2 Å². The number of carbonyl (C=O) groups excluding carboxylic acids is 4. The zero-order valence-corrected chi connectivity index (χ0v) is 17.0. The summed E-state index contributed by atoms with van der Waals surface area (Å²) in [6.07, 6.45) is -0.898. The molecule has 0 bridgehead atoms.